The summed E-state index contributed by atoms with van der Waals surface area (Å²) in [6, 6.07) is 12.8. The number of hydrogen-bond donors (Lipinski definition) is 3. The predicted molar refractivity (Wildman–Crippen MR) is 128 cm³/mol. The number of carbonyl (C=O) groups excluding carboxylic acids is 1. The van der Waals surface area contributed by atoms with Crippen LogP contribution in [0.5, 0.6) is 0 Å². The number of anilines is 1. The largest absolute Gasteiger partial charge is 0.480 e. The van der Waals surface area contributed by atoms with E-state index in [1.54, 1.807) is 6.20 Å². The lowest BCUT2D eigenvalue weighted by atomic mass is 10.1. The molecular weight excluding hydrogens is 432 g/mol. The van der Waals surface area contributed by atoms with Gasteiger partial charge in [0, 0.05) is 30.8 Å². The Hall–Kier alpha value is -3.75. The number of rotatable bonds is 11. The average molecular weight is 463 g/mol. The third-order valence-electron chi connectivity index (χ3n) is 5.96. The van der Waals surface area contributed by atoms with Crippen LogP contribution in [0.25, 0.3) is 11.3 Å². The number of aromatic nitrogens is 4. The second kappa shape index (κ2) is 11.4. The molecule has 3 N–H and O–H groups in total. The zero-order valence-electron chi connectivity index (χ0n) is 19.1. The molecule has 1 aromatic carbocycles. The van der Waals surface area contributed by atoms with E-state index in [4.69, 9.17) is 0 Å². The van der Waals surface area contributed by atoms with Crippen molar-refractivity contribution >= 4 is 17.7 Å². The number of aliphatic carboxylic acids is 1. The number of pyridine rings is 1. The summed E-state index contributed by atoms with van der Waals surface area (Å²) < 4.78 is 1.34. The number of carboxylic acids is 1. The third kappa shape index (κ3) is 6.18. The smallest absolute Gasteiger partial charge is 0.328 e. The van der Waals surface area contributed by atoms with Crippen LogP contribution in [0, 0.1) is 0 Å². The minimum absolute atomic E-state index is 0.0761. The van der Waals surface area contributed by atoms with Crippen molar-refractivity contribution in [1.82, 2.24) is 25.3 Å². The molecule has 0 bridgehead atoms. The molecule has 1 atom stereocenters. The Morgan fingerprint density at radius 2 is 2.00 bits per heavy atom. The van der Waals surface area contributed by atoms with Crippen molar-refractivity contribution in [3.63, 3.8) is 0 Å². The summed E-state index contributed by atoms with van der Waals surface area (Å²) in [6.07, 6.45) is 6.93. The zero-order chi connectivity index (χ0) is 23.8. The Balaban J connectivity index is 1.18. The number of aryl methyl sites for hydroxylation is 2. The van der Waals surface area contributed by atoms with Gasteiger partial charge in [0.15, 0.2) is 6.04 Å². The fourth-order valence-electron chi connectivity index (χ4n) is 4.08. The molecule has 0 saturated heterocycles. The SMILES string of the molecule is O=C(CCCCc1ccc2c(n1)NCCC2)NCCC(C(=O)O)n1cc(-c2ccccc2)nn1. The number of hydrogen-bond acceptors (Lipinski definition) is 6. The van der Waals surface area contributed by atoms with E-state index < -0.39 is 12.0 Å². The lowest BCUT2D eigenvalue weighted by Gasteiger charge is -2.17. The summed E-state index contributed by atoms with van der Waals surface area (Å²) in [5, 5.41) is 23.9. The highest BCUT2D eigenvalue weighted by Gasteiger charge is 2.21. The average Bonchev–Trinajstić information content (AvgIpc) is 3.34. The number of nitrogens with one attached hydrogen (secondary N) is 2. The number of nitrogens with zero attached hydrogens (tertiary/aromatic N) is 4. The summed E-state index contributed by atoms with van der Waals surface area (Å²) in [7, 11) is 0. The maximum Gasteiger partial charge on any atom is 0.328 e. The molecule has 1 amide bonds. The zero-order valence-corrected chi connectivity index (χ0v) is 19.1. The van der Waals surface area contributed by atoms with Gasteiger partial charge in [0.2, 0.25) is 5.91 Å². The molecule has 0 aliphatic carbocycles. The van der Waals surface area contributed by atoms with Crippen LogP contribution in [0.2, 0.25) is 0 Å². The molecule has 9 nitrogen and oxygen atoms in total. The van der Waals surface area contributed by atoms with Crippen molar-refractivity contribution in [3.8, 4) is 11.3 Å². The van der Waals surface area contributed by atoms with E-state index in [0.717, 1.165) is 55.7 Å². The van der Waals surface area contributed by atoms with Gasteiger partial charge < -0.3 is 15.7 Å². The molecule has 0 spiro atoms. The van der Waals surface area contributed by atoms with Gasteiger partial charge in [-0.05, 0) is 50.2 Å². The molecule has 0 radical (unpaired) electrons. The van der Waals surface area contributed by atoms with E-state index in [1.165, 1.54) is 10.2 Å². The molecule has 1 aliphatic rings. The highest BCUT2D eigenvalue weighted by molar-refractivity contribution is 5.76. The number of benzene rings is 1. The van der Waals surface area contributed by atoms with Gasteiger partial charge in [0.1, 0.15) is 11.5 Å². The lowest BCUT2D eigenvalue weighted by molar-refractivity contribution is -0.141. The second-order valence-electron chi connectivity index (χ2n) is 8.49. The van der Waals surface area contributed by atoms with E-state index in [9.17, 15) is 14.7 Å². The summed E-state index contributed by atoms with van der Waals surface area (Å²) in [4.78, 5) is 28.6. The van der Waals surface area contributed by atoms with Gasteiger partial charge in [0.25, 0.3) is 0 Å². The summed E-state index contributed by atoms with van der Waals surface area (Å²) in [5.74, 6) is -0.0867. The Bertz CT molecular complexity index is 1110. The molecule has 34 heavy (non-hydrogen) atoms. The van der Waals surface area contributed by atoms with Crippen LogP contribution in [0.1, 0.15) is 49.4 Å². The molecule has 1 aliphatic heterocycles. The van der Waals surface area contributed by atoms with Crippen molar-refractivity contribution in [2.75, 3.05) is 18.4 Å². The number of carbonyl (C=O) groups is 2. The predicted octanol–water partition coefficient (Wildman–Crippen LogP) is 3.24. The van der Waals surface area contributed by atoms with E-state index in [2.05, 4.69) is 38.1 Å². The van der Waals surface area contributed by atoms with Crippen molar-refractivity contribution in [2.45, 2.75) is 51.0 Å². The van der Waals surface area contributed by atoms with E-state index in [0.29, 0.717) is 12.1 Å². The first-order valence-electron chi connectivity index (χ1n) is 11.8. The van der Waals surface area contributed by atoms with Crippen molar-refractivity contribution in [1.29, 1.82) is 0 Å². The summed E-state index contributed by atoms with van der Waals surface area (Å²) in [6.45, 7) is 1.23. The van der Waals surface area contributed by atoms with E-state index in [-0.39, 0.29) is 18.9 Å². The van der Waals surface area contributed by atoms with Crippen LogP contribution in [-0.4, -0.2) is 50.1 Å². The standard InChI is InChI=1S/C25H30N6O3/c32-23(11-5-4-10-20-13-12-19-9-6-15-27-24(19)28-20)26-16-14-22(25(33)34)31-17-21(29-30-31)18-7-2-1-3-8-18/h1-3,7-8,12-13,17,22H,4-6,9-11,14-16H2,(H,26,32)(H,27,28)(H,33,34). The van der Waals surface area contributed by atoms with Gasteiger partial charge in [0.05, 0.1) is 6.20 Å². The van der Waals surface area contributed by atoms with Gasteiger partial charge in [-0.25, -0.2) is 14.5 Å². The van der Waals surface area contributed by atoms with Crippen LogP contribution in [0.4, 0.5) is 5.82 Å². The van der Waals surface area contributed by atoms with Gasteiger partial charge in [-0.15, -0.1) is 5.10 Å². The molecule has 3 aromatic rings. The summed E-state index contributed by atoms with van der Waals surface area (Å²) in [5.41, 5.74) is 3.80. The van der Waals surface area contributed by atoms with Crippen molar-refractivity contribution < 1.29 is 14.7 Å². The Labute approximate surface area is 198 Å². The van der Waals surface area contributed by atoms with Gasteiger partial charge >= 0.3 is 5.97 Å². The Kier molecular flexibility index (Phi) is 7.85. The number of amides is 1. The van der Waals surface area contributed by atoms with Crippen molar-refractivity contribution in [3.05, 3.63) is 59.9 Å². The maximum atomic E-state index is 12.2. The monoisotopic (exact) mass is 462 g/mol. The molecule has 178 valence electrons. The van der Waals surface area contributed by atoms with Crippen LogP contribution < -0.4 is 10.6 Å². The minimum Gasteiger partial charge on any atom is -0.480 e. The number of carboxylic acid groups (broad SMARTS) is 1. The van der Waals surface area contributed by atoms with E-state index in [1.807, 2.05) is 30.3 Å². The fraction of sp³-hybridized carbons (Fsp3) is 0.400. The molecule has 2 aromatic heterocycles. The van der Waals surface area contributed by atoms with Gasteiger partial charge in [-0.3, -0.25) is 4.79 Å². The Morgan fingerprint density at radius 3 is 2.82 bits per heavy atom. The first-order chi connectivity index (χ1) is 16.6. The first-order valence-corrected chi connectivity index (χ1v) is 11.8. The summed E-state index contributed by atoms with van der Waals surface area (Å²) >= 11 is 0. The van der Waals surface area contributed by atoms with Crippen LogP contribution in [0.15, 0.2) is 48.7 Å². The maximum absolute atomic E-state index is 12.2. The number of unbranched alkanes of at least 4 members (excludes halogenated alkanes) is 1. The minimum atomic E-state index is -1.01. The third-order valence-corrected chi connectivity index (χ3v) is 5.96. The van der Waals surface area contributed by atoms with E-state index >= 15 is 0 Å². The van der Waals surface area contributed by atoms with Crippen molar-refractivity contribution in [2.24, 2.45) is 0 Å². The quantitative estimate of drug-likeness (QED) is 0.374. The molecule has 0 fully saturated rings. The fourth-order valence-corrected chi connectivity index (χ4v) is 4.08. The lowest BCUT2D eigenvalue weighted by Crippen LogP contribution is -2.29. The molecule has 3 heterocycles. The number of fused-ring (bicyclic) bond motifs is 1. The highest BCUT2D eigenvalue weighted by atomic mass is 16.4. The Morgan fingerprint density at radius 1 is 1.15 bits per heavy atom. The van der Waals surface area contributed by atoms with Gasteiger partial charge in [-0.1, -0.05) is 41.6 Å². The molecule has 9 heteroatoms. The molecule has 4 rings (SSSR count). The highest BCUT2D eigenvalue weighted by Crippen LogP contribution is 2.21. The second-order valence-corrected chi connectivity index (χ2v) is 8.49. The molecular formula is C25H30N6O3. The molecule has 0 saturated carbocycles. The van der Waals surface area contributed by atoms with Crippen LogP contribution in [-0.2, 0) is 22.4 Å². The first kappa shape index (κ1) is 23.4. The van der Waals surface area contributed by atoms with Crippen LogP contribution in [0.3, 0.4) is 0 Å². The van der Waals surface area contributed by atoms with Crippen LogP contribution >= 0.6 is 0 Å². The van der Waals surface area contributed by atoms with Gasteiger partial charge in [-0.2, -0.15) is 0 Å². The topological polar surface area (TPSA) is 122 Å². The normalized spacial score (nSPS) is 13.5. The molecule has 1 unspecified atom stereocenters.